The summed E-state index contributed by atoms with van der Waals surface area (Å²) in [7, 11) is 9.59. The normalized spacial score (nSPS) is 34.7. The Bertz CT molecular complexity index is 603. The van der Waals surface area contributed by atoms with Crippen LogP contribution in [0.15, 0.2) is 18.2 Å². The van der Waals surface area contributed by atoms with Crippen molar-refractivity contribution >= 4 is 20.2 Å². The van der Waals surface area contributed by atoms with Gasteiger partial charge in [0.2, 0.25) is 0 Å². The Balaban J connectivity index is 0.000000858. The van der Waals surface area contributed by atoms with Crippen molar-refractivity contribution in [3.05, 3.63) is 50.9 Å². The van der Waals surface area contributed by atoms with Gasteiger partial charge in [0.05, 0.1) is 0 Å². The molecule has 1 aromatic rings. The van der Waals surface area contributed by atoms with Crippen molar-refractivity contribution in [2.75, 3.05) is 13.1 Å². The second kappa shape index (κ2) is 13.7. The van der Waals surface area contributed by atoms with Crippen molar-refractivity contribution in [3.63, 3.8) is 0 Å². The van der Waals surface area contributed by atoms with E-state index in [0.717, 1.165) is 37.3 Å². The predicted octanol–water partition coefficient (Wildman–Crippen LogP) is 7.71. The zero-order chi connectivity index (χ0) is 22.1. The zero-order valence-corrected chi connectivity index (χ0v) is 21.3. The van der Waals surface area contributed by atoms with Crippen molar-refractivity contribution in [2.45, 2.75) is 101 Å². The fourth-order valence-electron chi connectivity index (χ4n) is 5.07. The predicted molar refractivity (Wildman–Crippen MR) is 128 cm³/mol. The average Bonchev–Trinajstić information content (AvgIpc) is 2.79. The summed E-state index contributed by atoms with van der Waals surface area (Å²) in [4.78, 5) is 4.97. The quantitative estimate of drug-likeness (QED) is 0.332. The molecule has 2 bridgehead atoms. The van der Waals surface area contributed by atoms with E-state index in [1.54, 1.807) is 0 Å². The first kappa shape index (κ1) is 25.7. The van der Waals surface area contributed by atoms with Crippen LogP contribution in [0.4, 0.5) is 0 Å². The molecule has 0 radical (unpaired) electrons. The van der Waals surface area contributed by atoms with Gasteiger partial charge < -0.3 is 21.3 Å². The molecule has 0 spiro atoms. The number of hydrogen-bond acceptors (Lipinski definition) is 1. The summed E-state index contributed by atoms with van der Waals surface area (Å²) in [6, 6.07) is 8.00. The molecule has 2 saturated carbocycles. The van der Waals surface area contributed by atoms with Gasteiger partial charge in [-0.3, -0.25) is 4.98 Å². The van der Waals surface area contributed by atoms with Gasteiger partial charge in [0.25, 0.3) is 0 Å². The molecule has 0 saturated heterocycles. The van der Waals surface area contributed by atoms with E-state index in [1.165, 1.54) is 38.5 Å². The van der Waals surface area contributed by atoms with Crippen LogP contribution in [0.2, 0.25) is 0 Å². The van der Waals surface area contributed by atoms with Gasteiger partial charge in [0.1, 0.15) is 0 Å². The van der Waals surface area contributed by atoms with E-state index in [9.17, 15) is 0 Å². The van der Waals surface area contributed by atoms with Crippen LogP contribution in [0.25, 0.3) is 21.3 Å². The first-order valence-corrected chi connectivity index (χ1v) is 14.9. The molecule has 3 aliphatic rings. The molecule has 4 rings (SSSR count). The third kappa shape index (κ3) is 7.82. The van der Waals surface area contributed by atoms with Crippen LogP contribution in [0.5, 0.6) is 0 Å². The summed E-state index contributed by atoms with van der Waals surface area (Å²) in [5.41, 5.74) is 2.15. The van der Waals surface area contributed by atoms with Crippen LogP contribution >= 0.6 is 20.2 Å². The minimum absolute atomic E-state index is 0.00694. The minimum atomic E-state index is 0.00694. The molecule has 1 aromatic heterocycles. The van der Waals surface area contributed by atoms with Gasteiger partial charge in [-0.15, -0.1) is 0 Å². The molecular formula is C23H35Cl2MnN5-4. The van der Waals surface area contributed by atoms with Crippen LogP contribution in [0.3, 0.4) is 0 Å². The third-order valence-corrected chi connectivity index (χ3v) is 6.69. The van der Waals surface area contributed by atoms with Crippen LogP contribution in [0, 0.1) is 0 Å². The van der Waals surface area contributed by atoms with Gasteiger partial charge in [0, 0.05) is 11.4 Å². The van der Waals surface area contributed by atoms with E-state index >= 15 is 0 Å². The molecule has 0 N–H and O–H groups in total. The van der Waals surface area contributed by atoms with E-state index in [4.69, 9.17) is 46.4 Å². The van der Waals surface area contributed by atoms with Crippen LogP contribution in [-0.4, -0.2) is 42.2 Å². The van der Waals surface area contributed by atoms with Gasteiger partial charge in [-0.1, -0.05) is 83.4 Å². The molecular weight excluding hydrogens is 472 g/mol. The molecule has 0 aromatic carbocycles. The summed E-state index contributed by atoms with van der Waals surface area (Å²) in [5, 5.41) is 20.4. The molecule has 6 atom stereocenters. The molecule has 0 unspecified atom stereocenters. The third-order valence-electron chi connectivity index (χ3n) is 6.69. The number of fused-ring (bicyclic) bond motifs is 4. The zero-order valence-electron chi connectivity index (χ0n) is 18.6. The monoisotopic (exact) mass is 506 g/mol. The summed E-state index contributed by atoms with van der Waals surface area (Å²) >= 11 is 0.00694. The van der Waals surface area contributed by atoms with Gasteiger partial charge in [-0.25, -0.2) is 0 Å². The molecule has 5 nitrogen and oxygen atoms in total. The van der Waals surface area contributed by atoms with Gasteiger partial charge in [-0.2, -0.15) is 37.3 Å². The van der Waals surface area contributed by atoms with Gasteiger partial charge in [-0.05, 0) is 12.1 Å². The standard InChI is InChI=1S/C23H35N5.2ClH.Mn/c1-16-18-12-7-13-19(28-18)17(2)27-23-11-6-4-9-21(23)25-15-14-24-20-8-3-5-10-22(20)26-16;;;/h7,12-13,16-17,20-23H,3-6,8-11,14-15H2,1-2H3;2*1H;/q-4;;;+2/p-2/t16-,17+,20-,21-,22-,23-;;;/m1.../s1. The van der Waals surface area contributed by atoms with Crippen molar-refractivity contribution < 1.29 is 13.1 Å². The number of nitrogens with zero attached hydrogens (tertiary/aromatic N) is 5. The Morgan fingerprint density at radius 2 is 1.13 bits per heavy atom. The van der Waals surface area contributed by atoms with E-state index in [1.807, 2.05) is 0 Å². The van der Waals surface area contributed by atoms with E-state index in [0.29, 0.717) is 24.2 Å². The summed E-state index contributed by atoms with van der Waals surface area (Å²) in [6.07, 6.45) is 9.76. The van der Waals surface area contributed by atoms with Crippen LogP contribution in [0.1, 0.15) is 88.7 Å². The molecule has 31 heavy (non-hydrogen) atoms. The average molecular weight is 507 g/mol. The molecule has 8 heteroatoms. The summed E-state index contributed by atoms with van der Waals surface area (Å²) < 4.78 is 0. The first-order chi connectivity index (χ1) is 15.1. The number of aromatic nitrogens is 1. The van der Waals surface area contributed by atoms with Crippen LogP contribution < -0.4 is 0 Å². The topological polar surface area (TPSA) is 69.3 Å². The molecule has 177 valence electrons. The van der Waals surface area contributed by atoms with Gasteiger partial charge in [0.15, 0.2) is 0 Å². The maximum absolute atomic E-state index is 5.16. The number of halogens is 2. The molecule has 1 aliphatic heterocycles. The van der Waals surface area contributed by atoms with Crippen molar-refractivity contribution in [1.82, 2.24) is 4.98 Å². The fourth-order valence-corrected chi connectivity index (χ4v) is 5.07. The van der Waals surface area contributed by atoms with Crippen molar-refractivity contribution in [3.8, 4) is 0 Å². The fraction of sp³-hybridized carbons (Fsp3) is 0.783. The second-order valence-electron chi connectivity index (χ2n) is 8.84. The number of rotatable bonds is 0. The molecule has 2 heterocycles. The number of pyridine rings is 1. The van der Waals surface area contributed by atoms with Crippen molar-refractivity contribution in [2.24, 2.45) is 0 Å². The number of hydrogen-bond donors (Lipinski definition) is 0. The molecule has 2 aliphatic carbocycles. The first-order valence-electron chi connectivity index (χ1n) is 11.7. The van der Waals surface area contributed by atoms with Crippen LogP contribution in [-0.2, 0) is 13.1 Å². The Morgan fingerprint density at radius 3 is 1.55 bits per heavy atom. The summed E-state index contributed by atoms with van der Waals surface area (Å²) in [6.45, 7) is 6.06. The molecule has 2 fully saturated rings. The second-order valence-corrected chi connectivity index (χ2v) is 10.8. The van der Waals surface area contributed by atoms with E-state index in [2.05, 4.69) is 32.0 Å². The Kier molecular flexibility index (Phi) is 11.4. The van der Waals surface area contributed by atoms with E-state index in [-0.39, 0.29) is 25.2 Å². The van der Waals surface area contributed by atoms with Gasteiger partial charge >= 0.3 is 33.3 Å². The molecule has 0 amide bonds. The SMILES string of the molecule is C[C@@H]1[N-][C@@H]2CCCC[C@H]2[N-]CC[N-][C@@H]2CCCC[C@H]2[N-][C@H](C)c2cccc1n2.[Cl][Mn][Cl]. The Morgan fingerprint density at radius 1 is 0.742 bits per heavy atom. The van der Waals surface area contributed by atoms with E-state index < -0.39 is 0 Å². The van der Waals surface area contributed by atoms with Crippen molar-refractivity contribution in [1.29, 1.82) is 0 Å². The summed E-state index contributed by atoms with van der Waals surface area (Å²) in [5.74, 6) is 0. The maximum atomic E-state index is 5.16. The Labute approximate surface area is 203 Å². The Hall–Kier alpha value is 0.0895.